The highest BCUT2D eigenvalue weighted by Crippen LogP contribution is 2.39. The van der Waals surface area contributed by atoms with E-state index < -0.39 is 22.8 Å². The van der Waals surface area contributed by atoms with Gasteiger partial charge in [-0.25, -0.2) is 4.79 Å². The van der Waals surface area contributed by atoms with Crippen LogP contribution in [0.3, 0.4) is 0 Å². The van der Waals surface area contributed by atoms with E-state index in [-0.39, 0.29) is 26.4 Å². The average Bonchev–Trinajstić information content (AvgIpc) is 3.34. The molecule has 8 nitrogen and oxygen atoms in total. The Morgan fingerprint density at radius 1 is 1.21 bits per heavy atom. The summed E-state index contributed by atoms with van der Waals surface area (Å²) in [7, 11) is 0. The molecule has 1 N–H and O–H groups in total. The second-order valence-corrected chi connectivity index (χ2v) is 8.86. The Bertz CT molecular complexity index is 1320. The molecular formula is C23H16N2O6S2. The van der Waals surface area contributed by atoms with Gasteiger partial charge in [-0.15, -0.1) is 0 Å². The maximum Gasteiger partial charge on any atom is 0.331 e. The number of rotatable bonds is 6. The summed E-state index contributed by atoms with van der Waals surface area (Å²) in [6.07, 6.45) is 1.45. The Hall–Kier alpha value is -3.76. The lowest BCUT2D eigenvalue weighted by Crippen LogP contribution is -2.37. The average molecular weight is 481 g/mol. The molecule has 1 aromatic heterocycles. The van der Waals surface area contributed by atoms with Crippen LogP contribution in [0.1, 0.15) is 22.9 Å². The molecule has 1 atom stereocenters. The number of nitro benzene ring substituents is 1. The predicted molar refractivity (Wildman–Crippen MR) is 127 cm³/mol. The standard InChI is InChI=1S/C23H16N2O6S2/c1-13-7-9-16(17(11-13)25(29)30)18-10-8-15(31-18)12-19-21(26)24(23(32)33-19)20(22(27)28)14-5-3-2-4-6-14/h2-12,20H,1H3,(H,27,28)/b19-12-/t20-/m0/s1. The van der Waals surface area contributed by atoms with Crippen LogP contribution in [0.4, 0.5) is 5.69 Å². The van der Waals surface area contributed by atoms with Crippen LogP contribution in [-0.4, -0.2) is 31.1 Å². The fourth-order valence-corrected chi connectivity index (χ4v) is 4.74. The normalized spacial score (nSPS) is 15.8. The number of carboxylic acids is 1. The number of thiocarbonyl (C=S) groups is 1. The minimum absolute atomic E-state index is 0.0885. The third-order valence-corrected chi connectivity index (χ3v) is 6.28. The van der Waals surface area contributed by atoms with E-state index in [1.54, 1.807) is 61.5 Å². The number of amides is 1. The van der Waals surface area contributed by atoms with E-state index >= 15 is 0 Å². The maximum atomic E-state index is 13.1. The summed E-state index contributed by atoms with van der Waals surface area (Å²) in [5.41, 5.74) is 1.39. The van der Waals surface area contributed by atoms with Gasteiger partial charge in [0.25, 0.3) is 11.6 Å². The Labute approximate surface area is 197 Å². The Kier molecular flexibility index (Phi) is 6.12. The molecular weight excluding hydrogens is 464 g/mol. The number of hydrogen-bond donors (Lipinski definition) is 1. The molecule has 0 bridgehead atoms. The van der Waals surface area contributed by atoms with Crippen LogP contribution in [-0.2, 0) is 9.59 Å². The van der Waals surface area contributed by atoms with Crippen LogP contribution in [0.5, 0.6) is 0 Å². The molecule has 10 heteroatoms. The number of nitro groups is 1. The van der Waals surface area contributed by atoms with Crippen molar-refractivity contribution >= 4 is 51.9 Å². The largest absolute Gasteiger partial charge is 0.479 e. The first-order valence-electron chi connectivity index (χ1n) is 9.66. The van der Waals surface area contributed by atoms with Crippen LogP contribution in [0, 0.1) is 17.0 Å². The van der Waals surface area contributed by atoms with Gasteiger partial charge in [0.1, 0.15) is 15.8 Å². The third kappa shape index (κ3) is 4.43. The number of aryl methyl sites for hydroxylation is 1. The molecule has 0 saturated carbocycles. The molecule has 0 unspecified atom stereocenters. The summed E-state index contributed by atoms with van der Waals surface area (Å²) < 4.78 is 5.86. The molecule has 3 aromatic rings. The van der Waals surface area contributed by atoms with E-state index in [1.807, 2.05) is 0 Å². The van der Waals surface area contributed by atoms with Gasteiger partial charge in [-0.2, -0.15) is 0 Å². The van der Waals surface area contributed by atoms with E-state index in [0.717, 1.165) is 22.2 Å². The van der Waals surface area contributed by atoms with E-state index in [1.165, 1.54) is 12.1 Å². The number of carboxylic acid groups (broad SMARTS) is 1. The number of aliphatic carboxylic acids is 1. The number of benzene rings is 2. The second-order valence-electron chi connectivity index (χ2n) is 7.18. The van der Waals surface area contributed by atoms with Gasteiger partial charge < -0.3 is 9.52 Å². The molecule has 166 valence electrons. The smallest absolute Gasteiger partial charge is 0.331 e. The summed E-state index contributed by atoms with van der Waals surface area (Å²) in [6, 6.07) is 15.1. The van der Waals surface area contributed by atoms with Crippen molar-refractivity contribution < 1.29 is 24.0 Å². The monoisotopic (exact) mass is 480 g/mol. The SMILES string of the molecule is Cc1ccc(-c2ccc(/C=C3\SC(=S)N([C@H](C(=O)O)c4ccccc4)C3=O)o2)c([N+](=O)[O-])c1. The van der Waals surface area contributed by atoms with Crippen molar-refractivity contribution in [1.29, 1.82) is 0 Å². The Morgan fingerprint density at radius 3 is 2.61 bits per heavy atom. The van der Waals surface area contributed by atoms with Crippen molar-refractivity contribution in [2.45, 2.75) is 13.0 Å². The van der Waals surface area contributed by atoms with Gasteiger partial charge in [-0.05, 0) is 36.2 Å². The molecule has 1 aliphatic heterocycles. The third-order valence-electron chi connectivity index (χ3n) is 4.95. The molecule has 1 amide bonds. The molecule has 1 saturated heterocycles. The number of furan rings is 1. The predicted octanol–water partition coefficient (Wildman–Crippen LogP) is 5.19. The molecule has 1 fully saturated rings. The van der Waals surface area contributed by atoms with Gasteiger partial charge in [0.2, 0.25) is 0 Å². The van der Waals surface area contributed by atoms with Crippen molar-refractivity contribution in [3.8, 4) is 11.3 Å². The number of hydrogen-bond acceptors (Lipinski definition) is 7. The zero-order valence-corrected chi connectivity index (χ0v) is 18.8. The number of thioether (sulfide) groups is 1. The zero-order valence-electron chi connectivity index (χ0n) is 17.1. The molecule has 0 spiro atoms. The molecule has 2 aromatic carbocycles. The van der Waals surface area contributed by atoms with Crippen molar-refractivity contribution in [3.05, 3.63) is 92.6 Å². The quantitative estimate of drug-likeness (QED) is 0.222. The van der Waals surface area contributed by atoms with Gasteiger partial charge in [0.05, 0.1) is 15.4 Å². The summed E-state index contributed by atoms with van der Waals surface area (Å²) in [5.74, 6) is -1.20. The Morgan fingerprint density at radius 2 is 1.94 bits per heavy atom. The summed E-state index contributed by atoms with van der Waals surface area (Å²) >= 11 is 6.27. The second kappa shape index (κ2) is 9.00. The van der Waals surface area contributed by atoms with Crippen LogP contribution < -0.4 is 0 Å². The first-order valence-corrected chi connectivity index (χ1v) is 10.9. The Balaban J connectivity index is 1.65. The summed E-state index contributed by atoms with van der Waals surface area (Å²) in [6.45, 7) is 1.76. The van der Waals surface area contributed by atoms with Gasteiger partial charge >= 0.3 is 5.97 Å². The maximum absolute atomic E-state index is 13.1. The highest BCUT2D eigenvalue weighted by molar-refractivity contribution is 8.26. The van der Waals surface area contributed by atoms with Crippen LogP contribution in [0.2, 0.25) is 0 Å². The lowest BCUT2D eigenvalue weighted by molar-refractivity contribution is -0.384. The molecule has 33 heavy (non-hydrogen) atoms. The lowest BCUT2D eigenvalue weighted by Gasteiger charge is -2.23. The summed E-state index contributed by atoms with van der Waals surface area (Å²) in [4.78, 5) is 37.2. The fourth-order valence-electron chi connectivity index (χ4n) is 3.45. The van der Waals surface area contributed by atoms with Crippen molar-refractivity contribution in [1.82, 2.24) is 4.90 Å². The molecule has 4 rings (SSSR count). The van der Waals surface area contributed by atoms with Crippen molar-refractivity contribution in [2.24, 2.45) is 0 Å². The zero-order chi connectivity index (χ0) is 23.7. The first-order chi connectivity index (χ1) is 15.8. The van der Waals surface area contributed by atoms with Crippen LogP contribution >= 0.6 is 24.0 Å². The van der Waals surface area contributed by atoms with Gasteiger partial charge in [-0.1, -0.05) is 60.4 Å². The van der Waals surface area contributed by atoms with Crippen LogP contribution in [0.25, 0.3) is 17.4 Å². The highest BCUT2D eigenvalue weighted by atomic mass is 32.2. The fraction of sp³-hybridized carbons (Fsp3) is 0.0870. The van der Waals surface area contributed by atoms with Crippen molar-refractivity contribution in [3.63, 3.8) is 0 Å². The van der Waals surface area contributed by atoms with E-state index in [4.69, 9.17) is 16.6 Å². The van der Waals surface area contributed by atoms with Crippen molar-refractivity contribution in [2.75, 3.05) is 0 Å². The summed E-state index contributed by atoms with van der Waals surface area (Å²) in [5, 5.41) is 21.2. The van der Waals surface area contributed by atoms with E-state index in [0.29, 0.717) is 11.1 Å². The number of carbonyl (C=O) groups excluding carboxylic acids is 1. The van der Waals surface area contributed by atoms with E-state index in [2.05, 4.69) is 0 Å². The van der Waals surface area contributed by atoms with Crippen LogP contribution in [0.15, 0.2) is 70.0 Å². The minimum Gasteiger partial charge on any atom is -0.479 e. The molecule has 1 aliphatic rings. The minimum atomic E-state index is -1.26. The van der Waals surface area contributed by atoms with Gasteiger partial charge in [-0.3, -0.25) is 19.8 Å². The van der Waals surface area contributed by atoms with Gasteiger partial charge in [0, 0.05) is 12.1 Å². The molecule has 0 radical (unpaired) electrons. The molecule has 0 aliphatic carbocycles. The lowest BCUT2D eigenvalue weighted by atomic mass is 10.1. The first kappa shape index (κ1) is 22.4. The number of carbonyl (C=O) groups is 2. The topological polar surface area (TPSA) is 114 Å². The van der Waals surface area contributed by atoms with Gasteiger partial charge in [0.15, 0.2) is 6.04 Å². The van der Waals surface area contributed by atoms with E-state index in [9.17, 15) is 24.8 Å². The highest BCUT2D eigenvalue weighted by Gasteiger charge is 2.41. The molecule has 2 heterocycles. The number of nitrogens with zero attached hydrogens (tertiary/aromatic N) is 2.